The second-order valence-electron chi connectivity index (χ2n) is 10.8. The molecule has 3 aliphatic heterocycles. The van der Waals surface area contributed by atoms with E-state index in [-0.39, 0.29) is 6.42 Å². The van der Waals surface area contributed by atoms with Gasteiger partial charge in [-0.3, -0.25) is 29.1 Å². The molecule has 206 valence electrons. The van der Waals surface area contributed by atoms with Gasteiger partial charge < -0.3 is 30.6 Å². The average molecular weight is 516 g/mol. The number of carboxylic acid groups (broad SMARTS) is 3. The summed E-state index contributed by atoms with van der Waals surface area (Å²) in [6.07, 6.45) is -0.149. The third kappa shape index (κ3) is 4.86. The fourth-order valence-electron chi connectivity index (χ4n) is 6.89. The van der Waals surface area contributed by atoms with E-state index in [4.69, 9.17) is 0 Å². The standard InChI is InChI=1S/C24H41N3O9/c1-14(20(31)32)17(25-5-6-25)24(23(12-29,13-30)4-11-28,18(26-7-8-26)15(2)21(33)34)19(27-9-10-27)16(3)22(35)36/h14-19,28-30H,4-13H2,1-3H3,(H,31,32)(H,33,34)(H,35,36). The Hall–Kier alpha value is -1.83. The van der Waals surface area contributed by atoms with E-state index in [1.165, 1.54) is 20.8 Å². The zero-order chi connectivity index (χ0) is 27.0. The molecule has 0 aliphatic carbocycles. The van der Waals surface area contributed by atoms with Crippen LogP contribution in [-0.4, -0.2) is 140 Å². The van der Waals surface area contributed by atoms with Gasteiger partial charge >= 0.3 is 17.9 Å². The Morgan fingerprint density at radius 1 is 0.639 bits per heavy atom. The lowest BCUT2D eigenvalue weighted by Crippen LogP contribution is -2.75. The fraction of sp³-hybridized carbons (Fsp3) is 0.875. The molecule has 0 saturated carbocycles. The average Bonchev–Trinajstić information content (AvgIpc) is 3.67. The minimum absolute atomic E-state index is 0.149. The van der Waals surface area contributed by atoms with Crippen molar-refractivity contribution in [1.29, 1.82) is 0 Å². The first-order chi connectivity index (χ1) is 16.9. The third-order valence-electron chi connectivity index (χ3n) is 8.80. The van der Waals surface area contributed by atoms with Crippen LogP contribution in [0.2, 0.25) is 0 Å². The van der Waals surface area contributed by atoms with Crippen LogP contribution in [0.5, 0.6) is 0 Å². The highest BCUT2D eigenvalue weighted by Crippen LogP contribution is 2.61. The molecule has 0 aromatic carbocycles. The van der Waals surface area contributed by atoms with Crippen molar-refractivity contribution in [2.45, 2.75) is 45.3 Å². The Morgan fingerprint density at radius 3 is 1.08 bits per heavy atom. The van der Waals surface area contributed by atoms with E-state index in [0.717, 1.165) is 0 Å². The Kier molecular flexibility index (Phi) is 8.69. The van der Waals surface area contributed by atoms with Gasteiger partial charge in [0.1, 0.15) is 0 Å². The zero-order valence-corrected chi connectivity index (χ0v) is 21.3. The summed E-state index contributed by atoms with van der Waals surface area (Å²) < 4.78 is 0. The van der Waals surface area contributed by atoms with Crippen molar-refractivity contribution < 1.29 is 45.0 Å². The summed E-state index contributed by atoms with van der Waals surface area (Å²) in [7, 11) is 0. The molecule has 0 aromatic rings. The van der Waals surface area contributed by atoms with Crippen molar-refractivity contribution in [3.8, 4) is 0 Å². The van der Waals surface area contributed by atoms with Gasteiger partial charge in [-0.2, -0.15) is 0 Å². The van der Waals surface area contributed by atoms with Gasteiger partial charge in [0.15, 0.2) is 0 Å². The molecule has 12 heteroatoms. The molecular formula is C24H41N3O9. The van der Waals surface area contributed by atoms with E-state index >= 15 is 0 Å². The minimum Gasteiger partial charge on any atom is -0.481 e. The highest BCUT2D eigenvalue weighted by atomic mass is 16.4. The van der Waals surface area contributed by atoms with Crippen LogP contribution >= 0.6 is 0 Å². The Bertz CT molecular complexity index is 735. The lowest BCUT2D eigenvalue weighted by atomic mass is 9.46. The van der Waals surface area contributed by atoms with Crippen molar-refractivity contribution in [2.24, 2.45) is 28.6 Å². The number of hydrogen-bond donors (Lipinski definition) is 6. The highest BCUT2D eigenvalue weighted by molar-refractivity contribution is 5.74. The Morgan fingerprint density at radius 2 is 0.917 bits per heavy atom. The second-order valence-corrected chi connectivity index (χ2v) is 10.8. The summed E-state index contributed by atoms with van der Waals surface area (Å²) >= 11 is 0. The largest absolute Gasteiger partial charge is 0.481 e. The fourth-order valence-corrected chi connectivity index (χ4v) is 6.89. The molecule has 0 radical (unpaired) electrons. The molecule has 12 nitrogen and oxygen atoms in total. The predicted molar refractivity (Wildman–Crippen MR) is 127 cm³/mol. The van der Waals surface area contributed by atoms with Gasteiger partial charge in [0, 0.05) is 74.8 Å². The SMILES string of the molecule is CC(C(=O)O)C(N1CC1)C(C(C(C)C(=O)O)N1CC1)(C(C(C)C(=O)O)N1CC1)C(CO)(CO)CCO. The van der Waals surface area contributed by atoms with Crippen LogP contribution in [0.25, 0.3) is 0 Å². The van der Waals surface area contributed by atoms with Gasteiger partial charge in [-0.1, -0.05) is 20.8 Å². The van der Waals surface area contributed by atoms with E-state index < -0.39 is 84.4 Å². The summed E-state index contributed by atoms with van der Waals surface area (Å²) in [5, 5.41) is 62.9. The van der Waals surface area contributed by atoms with Gasteiger partial charge in [-0.05, 0) is 6.42 Å². The highest BCUT2D eigenvalue weighted by Gasteiger charge is 2.72. The van der Waals surface area contributed by atoms with Crippen molar-refractivity contribution >= 4 is 17.9 Å². The first-order valence-corrected chi connectivity index (χ1v) is 12.7. The summed E-state index contributed by atoms with van der Waals surface area (Å²) in [4.78, 5) is 43.3. The van der Waals surface area contributed by atoms with Crippen LogP contribution in [0, 0.1) is 28.6 Å². The molecule has 3 aliphatic rings. The van der Waals surface area contributed by atoms with Crippen molar-refractivity contribution in [3.05, 3.63) is 0 Å². The number of aliphatic carboxylic acids is 3. The quantitative estimate of drug-likeness (QED) is 0.124. The van der Waals surface area contributed by atoms with Crippen LogP contribution < -0.4 is 0 Å². The smallest absolute Gasteiger partial charge is 0.307 e. The molecule has 6 unspecified atom stereocenters. The lowest BCUT2D eigenvalue weighted by molar-refractivity contribution is -0.199. The van der Waals surface area contributed by atoms with E-state index in [0.29, 0.717) is 39.3 Å². The monoisotopic (exact) mass is 515 g/mol. The maximum atomic E-state index is 12.5. The first kappa shape index (κ1) is 28.7. The van der Waals surface area contributed by atoms with Crippen molar-refractivity contribution in [3.63, 3.8) is 0 Å². The molecule has 6 N–H and O–H groups in total. The van der Waals surface area contributed by atoms with Crippen LogP contribution in [0.3, 0.4) is 0 Å². The van der Waals surface area contributed by atoms with Crippen LogP contribution in [0.4, 0.5) is 0 Å². The number of aliphatic hydroxyl groups is 3. The van der Waals surface area contributed by atoms with E-state index in [2.05, 4.69) is 0 Å². The van der Waals surface area contributed by atoms with Gasteiger partial charge in [-0.15, -0.1) is 0 Å². The van der Waals surface area contributed by atoms with E-state index in [9.17, 15) is 45.0 Å². The maximum Gasteiger partial charge on any atom is 0.307 e. The first-order valence-electron chi connectivity index (χ1n) is 12.7. The van der Waals surface area contributed by atoms with Crippen LogP contribution in [0.1, 0.15) is 27.2 Å². The summed E-state index contributed by atoms with van der Waals surface area (Å²) in [6, 6.07) is -2.71. The lowest BCUT2D eigenvalue weighted by Gasteiger charge is -2.63. The molecule has 36 heavy (non-hydrogen) atoms. The second kappa shape index (κ2) is 10.9. The predicted octanol–water partition coefficient (Wildman–Crippen LogP) is -1.46. The summed E-state index contributed by atoms with van der Waals surface area (Å²) in [6.45, 7) is 5.92. The Labute approximate surface area is 211 Å². The van der Waals surface area contributed by atoms with Crippen molar-refractivity contribution in [1.82, 2.24) is 14.7 Å². The summed E-state index contributed by atoms with van der Waals surface area (Å²) in [5.41, 5.74) is -3.12. The van der Waals surface area contributed by atoms with Crippen LogP contribution in [-0.2, 0) is 14.4 Å². The molecule has 3 saturated heterocycles. The molecule has 0 aromatic heterocycles. The summed E-state index contributed by atoms with van der Waals surface area (Å²) in [5.74, 6) is -6.62. The van der Waals surface area contributed by atoms with Crippen molar-refractivity contribution in [2.75, 3.05) is 59.1 Å². The van der Waals surface area contributed by atoms with Crippen LogP contribution in [0.15, 0.2) is 0 Å². The molecule has 0 bridgehead atoms. The molecule has 0 spiro atoms. The number of aliphatic hydroxyl groups excluding tert-OH is 3. The van der Waals surface area contributed by atoms with Gasteiger partial charge in [0.25, 0.3) is 0 Å². The van der Waals surface area contributed by atoms with Gasteiger partial charge in [0.2, 0.25) is 0 Å². The normalized spacial score (nSPS) is 25.2. The molecule has 0 amide bonds. The molecule has 3 rings (SSSR count). The topological polar surface area (TPSA) is 182 Å². The van der Waals surface area contributed by atoms with Gasteiger partial charge in [-0.25, -0.2) is 0 Å². The minimum atomic E-state index is -1.58. The third-order valence-corrected chi connectivity index (χ3v) is 8.80. The van der Waals surface area contributed by atoms with E-state index in [1.54, 1.807) is 0 Å². The number of carbonyl (C=O) groups is 3. The number of hydrogen-bond acceptors (Lipinski definition) is 9. The number of rotatable bonds is 17. The molecular weight excluding hydrogens is 474 g/mol. The maximum absolute atomic E-state index is 12.5. The number of nitrogens with zero attached hydrogens (tertiary/aromatic N) is 3. The zero-order valence-electron chi connectivity index (χ0n) is 21.3. The molecule has 3 fully saturated rings. The van der Waals surface area contributed by atoms with Gasteiger partial charge in [0.05, 0.1) is 31.0 Å². The number of carboxylic acids is 3. The molecule has 6 atom stereocenters. The Balaban J connectivity index is 2.49. The molecule has 3 heterocycles. The van der Waals surface area contributed by atoms with E-state index in [1.807, 2.05) is 14.7 Å².